The smallest absolute Gasteiger partial charge is 0.432 e. The predicted octanol–water partition coefficient (Wildman–Crippen LogP) is 2.05. The summed E-state index contributed by atoms with van der Waals surface area (Å²) in [5, 5.41) is 0. The maximum atomic E-state index is 13.2. The number of carbonyl (C=O) groups is 2. The number of aryl methyl sites for hydroxylation is 1. The highest BCUT2D eigenvalue weighted by molar-refractivity contribution is 5.75. The van der Waals surface area contributed by atoms with Crippen molar-refractivity contribution in [3.63, 3.8) is 0 Å². The van der Waals surface area contributed by atoms with Gasteiger partial charge in [0.1, 0.15) is 0 Å². The number of alkyl halides is 3. The highest BCUT2D eigenvalue weighted by atomic mass is 19.4. The van der Waals surface area contributed by atoms with Crippen molar-refractivity contribution in [3.8, 4) is 0 Å². The van der Waals surface area contributed by atoms with Crippen LogP contribution in [0, 0.1) is 5.92 Å². The Labute approximate surface area is 136 Å². The second-order valence-electron chi connectivity index (χ2n) is 5.51. The van der Waals surface area contributed by atoms with Crippen LogP contribution >= 0.6 is 0 Å². The SMILES string of the molecule is COC(=O)N1CCC[C@@H](C(=O)O[C@@H](c2nccn2C)C(F)(F)F)C1. The number of rotatable bonds is 3. The number of likely N-dealkylation sites (tertiary alicyclic amines) is 1. The monoisotopic (exact) mass is 349 g/mol. The molecule has 1 fully saturated rings. The molecule has 24 heavy (non-hydrogen) atoms. The average Bonchev–Trinajstić information content (AvgIpc) is 2.96. The van der Waals surface area contributed by atoms with Crippen molar-refractivity contribution in [2.24, 2.45) is 13.0 Å². The van der Waals surface area contributed by atoms with Gasteiger partial charge in [-0.15, -0.1) is 0 Å². The zero-order chi connectivity index (χ0) is 17.9. The number of aromatic nitrogens is 2. The molecular formula is C14H18F3N3O4. The molecule has 134 valence electrons. The minimum absolute atomic E-state index is 0.0311. The van der Waals surface area contributed by atoms with Crippen LogP contribution in [0.5, 0.6) is 0 Å². The van der Waals surface area contributed by atoms with Crippen LogP contribution in [0.4, 0.5) is 18.0 Å². The molecule has 0 aliphatic carbocycles. The highest BCUT2D eigenvalue weighted by Gasteiger charge is 2.47. The Hall–Kier alpha value is -2.26. The van der Waals surface area contributed by atoms with E-state index in [1.54, 1.807) is 0 Å². The van der Waals surface area contributed by atoms with Crippen LogP contribution in [-0.4, -0.2) is 52.9 Å². The number of hydrogen-bond donors (Lipinski definition) is 0. The largest absolute Gasteiger partial charge is 0.453 e. The summed E-state index contributed by atoms with van der Waals surface area (Å²) in [7, 11) is 2.58. The molecule has 7 nitrogen and oxygen atoms in total. The van der Waals surface area contributed by atoms with E-state index in [0.717, 1.165) is 4.57 Å². The van der Waals surface area contributed by atoms with E-state index in [0.29, 0.717) is 19.4 Å². The third-order valence-electron chi connectivity index (χ3n) is 3.81. The fourth-order valence-electron chi connectivity index (χ4n) is 2.57. The number of halogens is 3. The molecule has 0 radical (unpaired) electrons. The van der Waals surface area contributed by atoms with Gasteiger partial charge in [-0.1, -0.05) is 0 Å². The summed E-state index contributed by atoms with van der Waals surface area (Å²) in [5.74, 6) is -2.24. The lowest BCUT2D eigenvalue weighted by Crippen LogP contribution is -2.43. The molecule has 1 amide bonds. The number of amides is 1. The molecule has 0 saturated carbocycles. The van der Waals surface area contributed by atoms with Gasteiger partial charge in [0.25, 0.3) is 6.10 Å². The van der Waals surface area contributed by atoms with Crippen molar-refractivity contribution in [1.82, 2.24) is 14.5 Å². The quantitative estimate of drug-likeness (QED) is 0.781. The van der Waals surface area contributed by atoms with Crippen LogP contribution in [0.1, 0.15) is 24.8 Å². The van der Waals surface area contributed by atoms with Gasteiger partial charge in [0, 0.05) is 32.5 Å². The number of hydrogen-bond acceptors (Lipinski definition) is 5. The van der Waals surface area contributed by atoms with Gasteiger partial charge in [-0.3, -0.25) is 4.79 Å². The molecule has 1 aliphatic heterocycles. The van der Waals surface area contributed by atoms with Gasteiger partial charge < -0.3 is 18.9 Å². The van der Waals surface area contributed by atoms with Crippen molar-refractivity contribution < 1.29 is 32.2 Å². The fraction of sp³-hybridized carbons (Fsp3) is 0.643. The van der Waals surface area contributed by atoms with E-state index in [2.05, 4.69) is 9.72 Å². The first-order valence-corrected chi connectivity index (χ1v) is 7.31. The maximum Gasteiger partial charge on any atom is 0.432 e. The van der Waals surface area contributed by atoms with Crippen LogP contribution in [0.3, 0.4) is 0 Å². The highest BCUT2D eigenvalue weighted by Crippen LogP contribution is 2.36. The number of imidazole rings is 1. The predicted molar refractivity (Wildman–Crippen MR) is 74.8 cm³/mol. The summed E-state index contributed by atoms with van der Waals surface area (Å²) in [4.78, 5) is 28.6. The lowest BCUT2D eigenvalue weighted by molar-refractivity contribution is -0.229. The van der Waals surface area contributed by atoms with E-state index in [1.807, 2.05) is 0 Å². The first-order chi connectivity index (χ1) is 11.2. The fourth-order valence-corrected chi connectivity index (χ4v) is 2.57. The number of esters is 1. The summed E-state index contributed by atoms with van der Waals surface area (Å²) < 4.78 is 50.1. The Balaban J connectivity index is 2.11. The van der Waals surface area contributed by atoms with E-state index in [4.69, 9.17) is 4.74 Å². The topological polar surface area (TPSA) is 73.7 Å². The van der Waals surface area contributed by atoms with Crippen LogP contribution < -0.4 is 0 Å². The van der Waals surface area contributed by atoms with Crippen molar-refractivity contribution in [3.05, 3.63) is 18.2 Å². The van der Waals surface area contributed by atoms with Gasteiger partial charge in [0.15, 0.2) is 5.82 Å². The second-order valence-corrected chi connectivity index (χ2v) is 5.51. The van der Waals surface area contributed by atoms with Gasteiger partial charge in [-0.2, -0.15) is 13.2 Å². The van der Waals surface area contributed by atoms with Crippen LogP contribution in [0.25, 0.3) is 0 Å². The third kappa shape index (κ3) is 3.98. The first-order valence-electron chi connectivity index (χ1n) is 7.31. The number of piperidine rings is 1. The standard InChI is InChI=1S/C14H18F3N3O4/c1-19-7-5-18-11(19)10(14(15,16)17)24-12(21)9-4-3-6-20(8-9)13(22)23-2/h5,7,9-10H,3-4,6,8H2,1-2H3/t9-,10+/m1/s1. The Morgan fingerprint density at radius 3 is 2.67 bits per heavy atom. The molecule has 2 atom stereocenters. The van der Waals surface area contributed by atoms with Gasteiger partial charge >= 0.3 is 18.2 Å². The maximum absolute atomic E-state index is 13.2. The zero-order valence-corrected chi connectivity index (χ0v) is 13.2. The van der Waals surface area contributed by atoms with Gasteiger partial charge in [0.05, 0.1) is 13.0 Å². The van der Waals surface area contributed by atoms with E-state index >= 15 is 0 Å². The van der Waals surface area contributed by atoms with E-state index in [1.165, 1.54) is 31.5 Å². The van der Waals surface area contributed by atoms with Crippen molar-refractivity contribution in [2.75, 3.05) is 20.2 Å². The number of ether oxygens (including phenoxy) is 2. The van der Waals surface area contributed by atoms with E-state index in [9.17, 15) is 22.8 Å². The molecule has 1 aromatic heterocycles. The Kier molecular flexibility index (Phi) is 5.35. The molecule has 2 rings (SSSR count). The van der Waals surface area contributed by atoms with Crippen molar-refractivity contribution in [1.29, 1.82) is 0 Å². The van der Waals surface area contributed by atoms with Gasteiger partial charge in [0.2, 0.25) is 0 Å². The summed E-state index contributed by atoms with van der Waals surface area (Å²) in [6, 6.07) is 0. The first kappa shape index (κ1) is 18.1. The number of carbonyl (C=O) groups excluding carboxylic acids is 2. The molecule has 0 aromatic carbocycles. The molecular weight excluding hydrogens is 331 g/mol. The normalized spacial score (nSPS) is 19.7. The van der Waals surface area contributed by atoms with Crippen LogP contribution in [-0.2, 0) is 21.3 Å². The van der Waals surface area contributed by atoms with E-state index in [-0.39, 0.29) is 6.54 Å². The minimum Gasteiger partial charge on any atom is -0.453 e. The molecule has 10 heteroatoms. The lowest BCUT2D eigenvalue weighted by Gasteiger charge is -2.31. The summed E-state index contributed by atoms with van der Waals surface area (Å²) in [6.07, 6.45) is -4.50. The number of methoxy groups -OCH3 is 1. The van der Waals surface area contributed by atoms with Crippen LogP contribution in [0.15, 0.2) is 12.4 Å². The van der Waals surface area contributed by atoms with Crippen molar-refractivity contribution >= 4 is 12.1 Å². The lowest BCUT2D eigenvalue weighted by atomic mass is 9.98. The Morgan fingerprint density at radius 2 is 2.12 bits per heavy atom. The molecule has 1 saturated heterocycles. The van der Waals surface area contributed by atoms with Gasteiger partial charge in [-0.25, -0.2) is 9.78 Å². The van der Waals surface area contributed by atoms with E-state index < -0.39 is 36.1 Å². The second kappa shape index (κ2) is 7.10. The molecule has 0 N–H and O–H groups in total. The third-order valence-corrected chi connectivity index (χ3v) is 3.81. The minimum atomic E-state index is -4.79. The summed E-state index contributed by atoms with van der Waals surface area (Å²) in [5.41, 5.74) is 0. The van der Waals surface area contributed by atoms with Crippen LogP contribution in [0.2, 0.25) is 0 Å². The van der Waals surface area contributed by atoms with Gasteiger partial charge in [-0.05, 0) is 12.8 Å². The number of nitrogens with zero attached hydrogens (tertiary/aromatic N) is 3. The summed E-state index contributed by atoms with van der Waals surface area (Å²) in [6.45, 7) is 0.356. The summed E-state index contributed by atoms with van der Waals surface area (Å²) >= 11 is 0. The molecule has 1 aliphatic rings. The average molecular weight is 349 g/mol. The molecule has 1 aromatic rings. The van der Waals surface area contributed by atoms with Crippen molar-refractivity contribution in [2.45, 2.75) is 25.1 Å². The molecule has 0 bridgehead atoms. The zero-order valence-electron chi connectivity index (χ0n) is 13.2. The Morgan fingerprint density at radius 1 is 1.42 bits per heavy atom. The molecule has 0 spiro atoms. The molecule has 0 unspecified atom stereocenters. The Bertz CT molecular complexity index is 602. The molecule has 2 heterocycles.